The molecule has 19 heavy (non-hydrogen) atoms. The Balaban J connectivity index is 2.21. The van der Waals surface area contributed by atoms with Gasteiger partial charge in [-0.1, -0.05) is 0 Å². The molecule has 0 spiro atoms. The van der Waals surface area contributed by atoms with Gasteiger partial charge in [-0.3, -0.25) is 14.6 Å². The highest BCUT2D eigenvalue weighted by molar-refractivity contribution is 5.78. The fourth-order valence-electron chi connectivity index (χ4n) is 2.10. The molecule has 0 bridgehead atoms. The fourth-order valence-corrected chi connectivity index (χ4v) is 2.10. The fraction of sp³-hybridized carbons (Fsp3) is 0.929. The van der Waals surface area contributed by atoms with E-state index in [-0.39, 0.29) is 11.9 Å². The van der Waals surface area contributed by atoms with E-state index in [1.165, 1.54) is 0 Å². The van der Waals surface area contributed by atoms with Gasteiger partial charge in [0.2, 0.25) is 5.91 Å². The van der Waals surface area contributed by atoms with Crippen molar-refractivity contribution in [3.63, 3.8) is 0 Å². The van der Waals surface area contributed by atoms with Crippen LogP contribution in [0.3, 0.4) is 0 Å². The van der Waals surface area contributed by atoms with Crippen LogP contribution in [-0.4, -0.2) is 86.2 Å². The summed E-state index contributed by atoms with van der Waals surface area (Å²) in [7, 11) is 1.88. The monoisotopic (exact) mass is 271 g/mol. The highest BCUT2D eigenvalue weighted by Crippen LogP contribution is 2.03. The second-order valence-corrected chi connectivity index (χ2v) is 5.41. The third-order valence-corrected chi connectivity index (χ3v) is 3.75. The number of nitrogens with zero attached hydrogens (tertiary/aromatic N) is 3. The standard InChI is InChI=1S/C14H29N3O2/c1-5-19-11-10-16-6-8-17(9-7-16)12-14(18)15(4)13(2)3/h13H,5-12H2,1-4H3. The van der Waals surface area contributed by atoms with Gasteiger partial charge in [0.15, 0.2) is 0 Å². The maximum atomic E-state index is 12.0. The van der Waals surface area contributed by atoms with Crippen molar-refractivity contribution < 1.29 is 9.53 Å². The minimum Gasteiger partial charge on any atom is -0.380 e. The van der Waals surface area contributed by atoms with Gasteiger partial charge in [-0.15, -0.1) is 0 Å². The second kappa shape index (κ2) is 8.51. The van der Waals surface area contributed by atoms with Gasteiger partial charge < -0.3 is 9.64 Å². The summed E-state index contributed by atoms with van der Waals surface area (Å²) < 4.78 is 5.37. The van der Waals surface area contributed by atoms with Crippen molar-refractivity contribution in [3.8, 4) is 0 Å². The molecular weight excluding hydrogens is 242 g/mol. The number of hydrogen-bond acceptors (Lipinski definition) is 4. The van der Waals surface area contributed by atoms with Gasteiger partial charge in [0.25, 0.3) is 0 Å². The van der Waals surface area contributed by atoms with E-state index in [1.807, 2.05) is 32.7 Å². The molecule has 1 fully saturated rings. The first-order valence-electron chi connectivity index (χ1n) is 7.32. The van der Waals surface area contributed by atoms with E-state index in [9.17, 15) is 4.79 Å². The summed E-state index contributed by atoms with van der Waals surface area (Å²) >= 11 is 0. The average molecular weight is 271 g/mol. The Morgan fingerprint density at radius 1 is 1.21 bits per heavy atom. The van der Waals surface area contributed by atoms with Crippen molar-refractivity contribution in [1.82, 2.24) is 14.7 Å². The molecule has 0 atom stereocenters. The van der Waals surface area contributed by atoms with E-state index in [4.69, 9.17) is 4.74 Å². The van der Waals surface area contributed by atoms with Crippen LogP contribution in [-0.2, 0) is 9.53 Å². The molecular formula is C14H29N3O2. The molecule has 0 aromatic heterocycles. The lowest BCUT2D eigenvalue weighted by Crippen LogP contribution is -2.50. The summed E-state index contributed by atoms with van der Waals surface area (Å²) in [6.07, 6.45) is 0. The summed E-state index contributed by atoms with van der Waals surface area (Å²) in [5, 5.41) is 0. The molecule has 5 nitrogen and oxygen atoms in total. The molecule has 0 unspecified atom stereocenters. The molecule has 0 N–H and O–H groups in total. The van der Waals surface area contributed by atoms with Crippen LogP contribution in [0.2, 0.25) is 0 Å². The largest absolute Gasteiger partial charge is 0.380 e. The van der Waals surface area contributed by atoms with Crippen molar-refractivity contribution in [2.45, 2.75) is 26.8 Å². The number of piperazine rings is 1. The minimum absolute atomic E-state index is 0.220. The third kappa shape index (κ3) is 5.89. The molecule has 0 saturated carbocycles. The summed E-state index contributed by atoms with van der Waals surface area (Å²) in [5.41, 5.74) is 0. The first kappa shape index (κ1) is 16.4. The van der Waals surface area contributed by atoms with Gasteiger partial charge in [-0.05, 0) is 20.8 Å². The maximum Gasteiger partial charge on any atom is 0.236 e. The van der Waals surface area contributed by atoms with Crippen LogP contribution in [0.1, 0.15) is 20.8 Å². The van der Waals surface area contributed by atoms with Crippen LogP contribution >= 0.6 is 0 Å². The Labute approximate surface area is 117 Å². The molecule has 0 aromatic rings. The van der Waals surface area contributed by atoms with E-state index in [2.05, 4.69) is 9.80 Å². The number of amides is 1. The number of ether oxygens (including phenoxy) is 1. The van der Waals surface area contributed by atoms with Crippen LogP contribution in [0, 0.1) is 0 Å². The lowest BCUT2D eigenvalue weighted by atomic mass is 10.3. The molecule has 1 aliphatic heterocycles. The number of carbonyl (C=O) groups excluding carboxylic acids is 1. The quantitative estimate of drug-likeness (QED) is 0.632. The van der Waals surface area contributed by atoms with Gasteiger partial charge in [-0.2, -0.15) is 0 Å². The van der Waals surface area contributed by atoms with Gasteiger partial charge in [0.1, 0.15) is 0 Å². The Bertz CT molecular complexity index is 263. The van der Waals surface area contributed by atoms with Gasteiger partial charge >= 0.3 is 0 Å². The van der Waals surface area contributed by atoms with Crippen molar-refractivity contribution in [1.29, 1.82) is 0 Å². The summed E-state index contributed by atoms with van der Waals surface area (Å²) in [4.78, 5) is 18.5. The molecule has 1 aliphatic rings. The first-order chi connectivity index (χ1) is 9.04. The van der Waals surface area contributed by atoms with E-state index in [1.54, 1.807) is 0 Å². The van der Waals surface area contributed by atoms with Crippen LogP contribution < -0.4 is 0 Å². The predicted molar refractivity (Wildman–Crippen MR) is 77.3 cm³/mol. The lowest BCUT2D eigenvalue weighted by molar-refractivity contribution is -0.133. The van der Waals surface area contributed by atoms with E-state index in [0.717, 1.165) is 45.9 Å². The summed E-state index contributed by atoms with van der Waals surface area (Å²) in [6, 6.07) is 0.278. The normalized spacial score (nSPS) is 17.9. The molecule has 0 aromatic carbocycles. The van der Waals surface area contributed by atoms with E-state index in [0.29, 0.717) is 6.54 Å². The van der Waals surface area contributed by atoms with Gasteiger partial charge in [0, 0.05) is 52.4 Å². The number of rotatable bonds is 7. The first-order valence-corrected chi connectivity index (χ1v) is 7.32. The number of likely N-dealkylation sites (N-methyl/N-ethyl adjacent to an activating group) is 1. The van der Waals surface area contributed by atoms with E-state index < -0.39 is 0 Å². The average Bonchev–Trinajstić information content (AvgIpc) is 2.40. The molecule has 1 saturated heterocycles. The van der Waals surface area contributed by atoms with Crippen LogP contribution in [0.5, 0.6) is 0 Å². The van der Waals surface area contributed by atoms with E-state index >= 15 is 0 Å². The van der Waals surface area contributed by atoms with Gasteiger partial charge in [0.05, 0.1) is 13.2 Å². The predicted octanol–water partition coefficient (Wildman–Crippen LogP) is 0.507. The minimum atomic E-state index is 0.220. The summed E-state index contributed by atoms with van der Waals surface area (Å²) in [5.74, 6) is 0.220. The van der Waals surface area contributed by atoms with Crippen molar-refractivity contribution in [2.24, 2.45) is 0 Å². The Kier molecular flexibility index (Phi) is 7.34. The van der Waals surface area contributed by atoms with Crippen LogP contribution in [0.15, 0.2) is 0 Å². The van der Waals surface area contributed by atoms with Crippen molar-refractivity contribution in [3.05, 3.63) is 0 Å². The molecule has 1 heterocycles. The molecule has 0 aliphatic carbocycles. The molecule has 1 rings (SSSR count). The maximum absolute atomic E-state index is 12.0. The zero-order valence-corrected chi connectivity index (χ0v) is 12.9. The molecule has 5 heteroatoms. The third-order valence-electron chi connectivity index (χ3n) is 3.75. The molecule has 1 amide bonds. The smallest absolute Gasteiger partial charge is 0.236 e. The number of hydrogen-bond donors (Lipinski definition) is 0. The van der Waals surface area contributed by atoms with Crippen LogP contribution in [0.4, 0.5) is 0 Å². The topological polar surface area (TPSA) is 36.0 Å². The number of carbonyl (C=O) groups is 1. The van der Waals surface area contributed by atoms with Gasteiger partial charge in [-0.25, -0.2) is 0 Å². The van der Waals surface area contributed by atoms with Crippen molar-refractivity contribution >= 4 is 5.91 Å². The summed E-state index contributed by atoms with van der Waals surface area (Å²) in [6.45, 7) is 13.3. The SMILES string of the molecule is CCOCCN1CCN(CC(=O)N(C)C(C)C)CC1. The zero-order chi connectivity index (χ0) is 14.3. The molecule has 0 radical (unpaired) electrons. The Morgan fingerprint density at radius 2 is 1.79 bits per heavy atom. The highest BCUT2D eigenvalue weighted by atomic mass is 16.5. The highest BCUT2D eigenvalue weighted by Gasteiger charge is 2.20. The Morgan fingerprint density at radius 3 is 2.32 bits per heavy atom. The Hall–Kier alpha value is -0.650. The second-order valence-electron chi connectivity index (χ2n) is 5.41. The lowest BCUT2D eigenvalue weighted by Gasteiger charge is -2.35. The molecule has 112 valence electrons. The van der Waals surface area contributed by atoms with Crippen LogP contribution in [0.25, 0.3) is 0 Å². The zero-order valence-electron chi connectivity index (χ0n) is 12.9. The van der Waals surface area contributed by atoms with Crippen molar-refractivity contribution in [2.75, 3.05) is 59.5 Å².